The molecule has 0 atom stereocenters. The van der Waals surface area contributed by atoms with E-state index in [-0.39, 0.29) is 12.1 Å². The molecule has 0 unspecified atom stereocenters. The summed E-state index contributed by atoms with van der Waals surface area (Å²) >= 11 is 0. The quantitative estimate of drug-likeness (QED) is 0.388. The Hall–Kier alpha value is -2.45. The van der Waals surface area contributed by atoms with Crippen LogP contribution in [0.5, 0.6) is 0 Å². The normalized spacial score (nSPS) is 11.1. The third-order valence-electron chi connectivity index (χ3n) is 1.91. The van der Waals surface area contributed by atoms with Crippen LogP contribution >= 0.6 is 0 Å². The van der Waals surface area contributed by atoms with E-state index in [1.165, 1.54) is 0 Å². The fourth-order valence-corrected chi connectivity index (χ4v) is 1.13. The van der Waals surface area contributed by atoms with E-state index in [1.807, 2.05) is 0 Å². The molecule has 0 bridgehead atoms. The molecule has 1 N–H and O–H groups in total. The van der Waals surface area contributed by atoms with E-state index in [0.717, 1.165) is 0 Å². The zero-order valence-corrected chi connectivity index (χ0v) is 8.39. The van der Waals surface area contributed by atoms with E-state index in [2.05, 4.69) is 0 Å². The number of carboxylic acid groups (broad SMARTS) is 1. The molecule has 1 aromatic carbocycles. The summed E-state index contributed by atoms with van der Waals surface area (Å²) in [4.78, 5) is 30.6. The van der Waals surface area contributed by atoms with E-state index in [4.69, 9.17) is 5.11 Å². The molecule has 0 spiro atoms. The number of halogens is 3. The topological polar surface area (TPSA) is 97.5 Å². The highest BCUT2D eigenvalue weighted by Crippen LogP contribution is 2.32. The molecule has 6 nitrogen and oxygen atoms in total. The lowest BCUT2D eigenvalue weighted by Crippen LogP contribution is -2.15. The van der Waals surface area contributed by atoms with Crippen molar-refractivity contribution >= 4 is 17.4 Å². The number of hydrogen-bond donors (Lipinski definition) is 1. The molecular formula is C9H4F3NO5. The highest BCUT2D eigenvalue weighted by Gasteiger charge is 2.34. The molecule has 0 radical (unpaired) electrons. The number of hydrogen-bond acceptors (Lipinski definition) is 4. The summed E-state index contributed by atoms with van der Waals surface area (Å²) < 4.78 is 37.2. The SMILES string of the molecule is O=C(O)C(=O)c1cc([N+](=O)[O-])cc(C(F)(F)F)c1. The molecule has 0 saturated carbocycles. The first-order valence-electron chi connectivity index (χ1n) is 4.27. The molecule has 0 aliphatic heterocycles. The maximum atomic E-state index is 12.4. The number of benzene rings is 1. The van der Waals surface area contributed by atoms with Gasteiger partial charge in [0.15, 0.2) is 0 Å². The lowest BCUT2D eigenvalue weighted by atomic mass is 10.1. The second-order valence-corrected chi connectivity index (χ2v) is 3.16. The minimum atomic E-state index is -4.92. The largest absolute Gasteiger partial charge is 0.475 e. The number of nitro groups is 1. The van der Waals surface area contributed by atoms with Crippen LogP contribution in [0.4, 0.5) is 18.9 Å². The lowest BCUT2D eigenvalue weighted by Gasteiger charge is -2.07. The minimum absolute atomic E-state index is 0.221. The first-order valence-corrected chi connectivity index (χ1v) is 4.27. The van der Waals surface area contributed by atoms with Gasteiger partial charge in [-0.25, -0.2) is 4.79 Å². The maximum absolute atomic E-state index is 12.4. The van der Waals surface area contributed by atoms with E-state index in [0.29, 0.717) is 6.07 Å². The van der Waals surface area contributed by atoms with Gasteiger partial charge in [0.25, 0.3) is 11.5 Å². The predicted molar refractivity (Wildman–Crippen MR) is 50.1 cm³/mol. The van der Waals surface area contributed by atoms with Gasteiger partial charge in [0.1, 0.15) is 0 Å². The molecule has 18 heavy (non-hydrogen) atoms. The molecule has 96 valence electrons. The van der Waals surface area contributed by atoms with Gasteiger partial charge < -0.3 is 5.11 Å². The monoisotopic (exact) mass is 263 g/mol. The number of alkyl halides is 3. The molecule has 9 heteroatoms. The van der Waals surface area contributed by atoms with Crippen LogP contribution in [-0.2, 0) is 11.0 Å². The molecule has 0 aliphatic carbocycles. The second-order valence-electron chi connectivity index (χ2n) is 3.16. The van der Waals surface area contributed by atoms with Gasteiger partial charge in [-0.1, -0.05) is 0 Å². The van der Waals surface area contributed by atoms with Crippen LogP contribution in [0.2, 0.25) is 0 Å². The minimum Gasteiger partial charge on any atom is -0.475 e. The van der Waals surface area contributed by atoms with Gasteiger partial charge in [-0.2, -0.15) is 13.2 Å². The van der Waals surface area contributed by atoms with E-state index < -0.39 is 39.7 Å². The number of aliphatic carboxylic acids is 1. The average molecular weight is 263 g/mol. The van der Waals surface area contributed by atoms with Gasteiger partial charge in [0, 0.05) is 17.7 Å². The number of carboxylic acids is 1. The molecule has 0 amide bonds. The molecule has 0 aromatic heterocycles. The van der Waals surface area contributed by atoms with Crippen molar-refractivity contribution in [1.82, 2.24) is 0 Å². The Labute approximate surface area is 96.8 Å². The fourth-order valence-electron chi connectivity index (χ4n) is 1.13. The maximum Gasteiger partial charge on any atom is 0.416 e. The predicted octanol–water partition coefficient (Wildman–Crippen LogP) is 1.88. The van der Waals surface area contributed by atoms with Crippen LogP contribution in [0.1, 0.15) is 15.9 Å². The first kappa shape index (κ1) is 13.6. The Bertz CT molecular complexity index is 537. The van der Waals surface area contributed by atoms with Gasteiger partial charge in [0.05, 0.1) is 10.5 Å². The van der Waals surface area contributed by atoms with E-state index in [9.17, 15) is 32.9 Å². The van der Waals surface area contributed by atoms with Crippen molar-refractivity contribution in [2.75, 3.05) is 0 Å². The number of nitrogens with zero attached hydrogens (tertiary/aromatic N) is 1. The first-order chi connectivity index (χ1) is 8.12. The number of rotatable bonds is 3. The Balaban J connectivity index is 3.45. The van der Waals surface area contributed by atoms with Crippen molar-refractivity contribution in [3.05, 3.63) is 39.4 Å². The smallest absolute Gasteiger partial charge is 0.416 e. The van der Waals surface area contributed by atoms with Crippen LogP contribution in [0.15, 0.2) is 18.2 Å². The number of non-ortho nitro benzene ring substituents is 1. The number of nitro benzene ring substituents is 1. The summed E-state index contributed by atoms with van der Waals surface area (Å²) in [5.74, 6) is -3.65. The lowest BCUT2D eigenvalue weighted by molar-refractivity contribution is -0.385. The van der Waals surface area contributed by atoms with Crippen molar-refractivity contribution < 1.29 is 32.8 Å². The molecule has 0 fully saturated rings. The van der Waals surface area contributed by atoms with Gasteiger partial charge in [-0.3, -0.25) is 14.9 Å². The Morgan fingerprint density at radius 1 is 1.22 bits per heavy atom. The molecule has 0 saturated heterocycles. The standard InChI is InChI=1S/C9H4F3NO5/c10-9(11,12)5-1-4(7(14)8(15)16)2-6(3-5)13(17)18/h1-3H,(H,15,16). The van der Waals surface area contributed by atoms with Gasteiger partial charge in [-0.05, 0) is 6.07 Å². The zero-order valence-electron chi connectivity index (χ0n) is 8.39. The number of ketones is 1. The highest BCUT2D eigenvalue weighted by atomic mass is 19.4. The molecule has 0 aliphatic rings. The van der Waals surface area contributed by atoms with Crippen LogP contribution in [-0.4, -0.2) is 21.8 Å². The molecule has 0 heterocycles. The van der Waals surface area contributed by atoms with Crippen molar-refractivity contribution in [2.45, 2.75) is 6.18 Å². The number of Topliss-reactive ketones (excluding diaryl/α,β-unsaturated/α-hetero) is 1. The third kappa shape index (κ3) is 2.81. The summed E-state index contributed by atoms with van der Waals surface area (Å²) in [6.07, 6.45) is -4.92. The molecule has 1 aromatic rings. The Morgan fingerprint density at radius 3 is 2.17 bits per heavy atom. The summed E-state index contributed by atoms with van der Waals surface area (Å²) in [5, 5.41) is 18.8. The number of carbonyl (C=O) groups excluding carboxylic acids is 1. The van der Waals surface area contributed by atoms with Crippen molar-refractivity contribution in [3.8, 4) is 0 Å². The van der Waals surface area contributed by atoms with Gasteiger partial charge in [-0.15, -0.1) is 0 Å². The summed E-state index contributed by atoms with van der Waals surface area (Å²) in [7, 11) is 0. The van der Waals surface area contributed by atoms with Gasteiger partial charge >= 0.3 is 12.1 Å². The van der Waals surface area contributed by atoms with Crippen LogP contribution < -0.4 is 0 Å². The van der Waals surface area contributed by atoms with Crippen LogP contribution in [0.3, 0.4) is 0 Å². The summed E-state index contributed by atoms with van der Waals surface area (Å²) in [6.45, 7) is 0. The Kier molecular flexibility index (Phi) is 3.35. The van der Waals surface area contributed by atoms with Crippen LogP contribution in [0, 0.1) is 10.1 Å². The zero-order chi connectivity index (χ0) is 14.1. The average Bonchev–Trinajstić information content (AvgIpc) is 2.26. The van der Waals surface area contributed by atoms with E-state index in [1.54, 1.807) is 0 Å². The number of carbonyl (C=O) groups is 2. The Morgan fingerprint density at radius 2 is 1.78 bits per heavy atom. The van der Waals surface area contributed by atoms with Crippen LogP contribution in [0.25, 0.3) is 0 Å². The third-order valence-corrected chi connectivity index (χ3v) is 1.91. The van der Waals surface area contributed by atoms with Crippen molar-refractivity contribution in [2.24, 2.45) is 0 Å². The van der Waals surface area contributed by atoms with Crippen molar-refractivity contribution in [3.63, 3.8) is 0 Å². The molecule has 1 rings (SSSR count). The van der Waals surface area contributed by atoms with Gasteiger partial charge in [0.2, 0.25) is 0 Å². The summed E-state index contributed by atoms with van der Waals surface area (Å²) in [5.41, 5.74) is -3.36. The van der Waals surface area contributed by atoms with Crippen molar-refractivity contribution in [1.29, 1.82) is 0 Å². The molecular weight excluding hydrogens is 259 g/mol. The highest BCUT2D eigenvalue weighted by molar-refractivity contribution is 6.40. The summed E-state index contributed by atoms with van der Waals surface area (Å²) in [6, 6.07) is 0.952. The fraction of sp³-hybridized carbons (Fsp3) is 0.111. The second kappa shape index (κ2) is 4.43. The van der Waals surface area contributed by atoms with E-state index >= 15 is 0 Å².